The molecule has 0 bridgehead atoms. The number of hydrogen-bond acceptors (Lipinski definition) is 4. The number of para-hydroxylation sites is 1. The summed E-state index contributed by atoms with van der Waals surface area (Å²) in [6.07, 6.45) is 1.26. The molecule has 2 aromatic rings. The lowest BCUT2D eigenvalue weighted by atomic mass is 9.83. The monoisotopic (exact) mass is 458 g/mol. The van der Waals surface area contributed by atoms with Crippen molar-refractivity contribution in [2.45, 2.75) is 52.0 Å². The Morgan fingerprint density at radius 3 is 2.73 bits per heavy atom. The summed E-state index contributed by atoms with van der Waals surface area (Å²) in [6.45, 7) is 7.53. The minimum absolute atomic E-state index is 0.0972. The lowest BCUT2D eigenvalue weighted by Gasteiger charge is -2.35. The van der Waals surface area contributed by atoms with Crippen molar-refractivity contribution in [2.75, 3.05) is 19.7 Å². The summed E-state index contributed by atoms with van der Waals surface area (Å²) in [5.74, 6) is 0.225. The third-order valence-electron chi connectivity index (χ3n) is 6.41. The van der Waals surface area contributed by atoms with Crippen molar-refractivity contribution in [3.8, 4) is 5.75 Å². The highest BCUT2D eigenvalue weighted by Crippen LogP contribution is 2.36. The Morgan fingerprint density at radius 2 is 1.97 bits per heavy atom. The van der Waals surface area contributed by atoms with E-state index in [1.54, 1.807) is 0 Å². The fraction of sp³-hybridized carbons (Fsp3) is 0.500. The van der Waals surface area contributed by atoms with Crippen molar-refractivity contribution in [1.29, 1.82) is 0 Å². The number of hydrogen-bond donors (Lipinski definition) is 1. The highest BCUT2D eigenvalue weighted by molar-refractivity contribution is 5.76. The quantitative estimate of drug-likeness (QED) is 0.641. The molecule has 5 nitrogen and oxygen atoms in total. The number of carbonyl (C=O) groups is 1. The van der Waals surface area contributed by atoms with Crippen LogP contribution >= 0.6 is 0 Å². The van der Waals surface area contributed by atoms with Crippen LogP contribution in [0, 0.1) is 23.5 Å². The van der Waals surface area contributed by atoms with Gasteiger partial charge in [0.2, 0.25) is 5.91 Å². The number of fused-ring (bicyclic) bond motifs is 1. The number of amides is 1. The molecule has 0 aromatic heterocycles. The largest absolute Gasteiger partial charge is 0.491 e. The molecule has 2 heterocycles. The van der Waals surface area contributed by atoms with Crippen LogP contribution in [0.1, 0.15) is 37.8 Å². The molecule has 0 radical (unpaired) electrons. The van der Waals surface area contributed by atoms with Gasteiger partial charge in [-0.3, -0.25) is 9.69 Å². The van der Waals surface area contributed by atoms with Crippen LogP contribution in [0.3, 0.4) is 0 Å². The summed E-state index contributed by atoms with van der Waals surface area (Å²) in [5.41, 5.74) is 1.59. The van der Waals surface area contributed by atoms with Crippen LogP contribution in [0.25, 0.3) is 0 Å². The molecule has 2 saturated heterocycles. The van der Waals surface area contributed by atoms with Gasteiger partial charge in [-0.15, -0.1) is 0 Å². The molecule has 0 saturated carbocycles. The van der Waals surface area contributed by atoms with Crippen molar-refractivity contribution in [3.05, 3.63) is 65.2 Å². The van der Waals surface area contributed by atoms with Crippen LogP contribution in [0.15, 0.2) is 42.5 Å². The molecule has 4 rings (SSSR count). The number of nitrogens with zero attached hydrogens (tertiary/aromatic N) is 1. The Labute approximate surface area is 194 Å². The first-order valence-corrected chi connectivity index (χ1v) is 11.7. The van der Waals surface area contributed by atoms with E-state index in [0.29, 0.717) is 24.0 Å². The Bertz CT molecular complexity index is 948. The van der Waals surface area contributed by atoms with Crippen molar-refractivity contribution in [2.24, 2.45) is 11.8 Å². The molecular formula is C26H32F2N2O3. The van der Waals surface area contributed by atoms with Gasteiger partial charge in [-0.05, 0) is 56.5 Å². The molecule has 178 valence electrons. The van der Waals surface area contributed by atoms with E-state index in [-0.39, 0.29) is 31.1 Å². The molecule has 2 aliphatic rings. The molecule has 2 aromatic carbocycles. The maximum Gasteiger partial charge on any atom is 0.222 e. The van der Waals surface area contributed by atoms with E-state index in [1.807, 2.05) is 32.0 Å². The molecule has 0 aliphatic carbocycles. The third-order valence-corrected chi connectivity index (χ3v) is 6.41. The van der Waals surface area contributed by atoms with Gasteiger partial charge in [0.25, 0.3) is 0 Å². The maximum atomic E-state index is 13.3. The first-order valence-electron chi connectivity index (χ1n) is 11.7. The molecule has 3 atom stereocenters. The molecule has 33 heavy (non-hydrogen) atoms. The van der Waals surface area contributed by atoms with E-state index >= 15 is 0 Å². The standard InChI is InChI=1S/C26H32F2N2O3/c1-17(2)33-24-6-4-3-5-19(24)14-30-8-7-23-20(15-30)16-32-25(23)12-26(31)29-13-18-9-21(27)11-22(28)10-18/h3-6,9-11,17,20,23,25H,7-8,12-16H2,1-2H3,(H,29,31)/t20-,23-,25+/m1/s1. The number of carbonyl (C=O) groups excluding carboxylic acids is 1. The molecule has 0 unspecified atom stereocenters. The molecule has 1 N–H and O–H groups in total. The average molecular weight is 459 g/mol. The molecule has 7 heteroatoms. The Hall–Kier alpha value is -2.51. The van der Waals surface area contributed by atoms with Crippen LogP contribution in [0.5, 0.6) is 5.75 Å². The Kier molecular flexibility index (Phi) is 7.60. The van der Waals surface area contributed by atoms with E-state index in [1.165, 1.54) is 17.7 Å². The van der Waals surface area contributed by atoms with Gasteiger partial charge in [-0.2, -0.15) is 0 Å². The van der Waals surface area contributed by atoms with Crippen LogP contribution < -0.4 is 10.1 Å². The van der Waals surface area contributed by atoms with Crippen molar-refractivity contribution in [1.82, 2.24) is 10.2 Å². The number of likely N-dealkylation sites (tertiary alicyclic amines) is 1. The van der Waals surface area contributed by atoms with Crippen molar-refractivity contribution in [3.63, 3.8) is 0 Å². The number of nitrogens with one attached hydrogen (secondary N) is 1. The second-order valence-electron chi connectivity index (χ2n) is 9.35. The summed E-state index contributed by atoms with van der Waals surface area (Å²) in [6, 6.07) is 11.5. The van der Waals surface area contributed by atoms with Crippen LogP contribution in [0.2, 0.25) is 0 Å². The van der Waals surface area contributed by atoms with Gasteiger partial charge in [0.05, 0.1) is 25.2 Å². The van der Waals surface area contributed by atoms with Crippen LogP contribution in [-0.4, -0.2) is 42.7 Å². The summed E-state index contributed by atoms with van der Waals surface area (Å²) in [5, 5.41) is 2.76. The number of rotatable bonds is 8. The first kappa shape index (κ1) is 23.6. The highest BCUT2D eigenvalue weighted by Gasteiger charge is 2.41. The van der Waals surface area contributed by atoms with E-state index in [9.17, 15) is 13.6 Å². The Morgan fingerprint density at radius 1 is 1.21 bits per heavy atom. The fourth-order valence-electron chi connectivity index (χ4n) is 4.93. The lowest BCUT2D eigenvalue weighted by molar-refractivity contribution is -0.124. The van der Waals surface area contributed by atoms with E-state index < -0.39 is 11.6 Å². The van der Waals surface area contributed by atoms with Gasteiger partial charge in [0.1, 0.15) is 17.4 Å². The third kappa shape index (κ3) is 6.30. The molecule has 2 aliphatic heterocycles. The topological polar surface area (TPSA) is 50.8 Å². The molecular weight excluding hydrogens is 426 g/mol. The van der Waals surface area contributed by atoms with Gasteiger partial charge < -0.3 is 14.8 Å². The number of piperidine rings is 1. The molecule has 1 amide bonds. The van der Waals surface area contributed by atoms with E-state index in [2.05, 4.69) is 16.3 Å². The zero-order valence-electron chi connectivity index (χ0n) is 19.2. The second kappa shape index (κ2) is 10.6. The van der Waals surface area contributed by atoms with Crippen LogP contribution in [0.4, 0.5) is 8.78 Å². The van der Waals surface area contributed by atoms with Crippen LogP contribution in [-0.2, 0) is 22.6 Å². The smallest absolute Gasteiger partial charge is 0.222 e. The second-order valence-corrected chi connectivity index (χ2v) is 9.35. The zero-order chi connectivity index (χ0) is 23.4. The molecule has 0 spiro atoms. The number of benzene rings is 2. The lowest BCUT2D eigenvalue weighted by Crippen LogP contribution is -2.42. The zero-order valence-corrected chi connectivity index (χ0v) is 19.2. The summed E-state index contributed by atoms with van der Waals surface area (Å²) >= 11 is 0. The van der Waals surface area contributed by atoms with E-state index in [4.69, 9.17) is 9.47 Å². The van der Waals surface area contributed by atoms with Gasteiger partial charge >= 0.3 is 0 Å². The number of halogens is 2. The predicted octanol–water partition coefficient (Wildman–Crippen LogP) is 4.30. The average Bonchev–Trinajstić information content (AvgIpc) is 3.14. The van der Waals surface area contributed by atoms with E-state index in [0.717, 1.165) is 37.9 Å². The van der Waals surface area contributed by atoms with Gasteiger partial charge in [-0.1, -0.05) is 18.2 Å². The normalized spacial score (nSPS) is 22.9. The van der Waals surface area contributed by atoms with Gasteiger partial charge in [-0.25, -0.2) is 8.78 Å². The SMILES string of the molecule is CC(C)Oc1ccccc1CN1CC[C@@H]2[C@@H](CO[C@H]2CC(=O)NCc2cc(F)cc(F)c2)C1. The first-order chi connectivity index (χ1) is 15.9. The minimum atomic E-state index is -0.647. The summed E-state index contributed by atoms with van der Waals surface area (Å²) in [4.78, 5) is 14.9. The van der Waals surface area contributed by atoms with Gasteiger partial charge in [0.15, 0.2) is 0 Å². The predicted molar refractivity (Wildman–Crippen MR) is 122 cm³/mol. The maximum absolute atomic E-state index is 13.3. The van der Waals surface area contributed by atoms with Gasteiger partial charge in [0, 0.05) is 37.2 Å². The Balaban J connectivity index is 1.27. The van der Waals surface area contributed by atoms with Crippen molar-refractivity contribution >= 4 is 5.91 Å². The summed E-state index contributed by atoms with van der Waals surface area (Å²) < 4.78 is 38.6. The number of ether oxygens (including phenoxy) is 2. The highest BCUT2D eigenvalue weighted by atomic mass is 19.1. The minimum Gasteiger partial charge on any atom is -0.491 e. The van der Waals surface area contributed by atoms with Crippen molar-refractivity contribution < 1.29 is 23.0 Å². The fourth-order valence-corrected chi connectivity index (χ4v) is 4.93. The summed E-state index contributed by atoms with van der Waals surface area (Å²) in [7, 11) is 0. The molecule has 2 fully saturated rings.